The average Bonchev–Trinajstić information content (AvgIpc) is 2.21. The SMILES string of the molecule is CCCCC(=O)[O-].CCCCCC[N+](C)(C)C. The highest BCUT2D eigenvalue weighted by atomic mass is 16.4. The van der Waals surface area contributed by atoms with E-state index >= 15 is 0 Å². The van der Waals surface area contributed by atoms with Crippen molar-refractivity contribution in [1.29, 1.82) is 0 Å². The van der Waals surface area contributed by atoms with E-state index < -0.39 is 5.97 Å². The normalized spacial score (nSPS) is 10.6. The van der Waals surface area contributed by atoms with Gasteiger partial charge in [0.2, 0.25) is 0 Å². The Morgan fingerprint density at radius 1 is 0.941 bits per heavy atom. The molecule has 0 radical (unpaired) electrons. The van der Waals surface area contributed by atoms with Gasteiger partial charge in [0, 0.05) is 5.97 Å². The van der Waals surface area contributed by atoms with E-state index in [2.05, 4.69) is 28.1 Å². The average molecular weight is 245 g/mol. The standard InChI is InChI=1S/C9H22N.C5H10O2/c1-5-6-7-8-9-10(2,3)4;1-2-3-4-5(6)7/h5-9H2,1-4H3;2-4H2,1H3,(H,6,7)/q+1;/p-1. The van der Waals surface area contributed by atoms with E-state index in [0.29, 0.717) is 0 Å². The summed E-state index contributed by atoms with van der Waals surface area (Å²) < 4.78 is 1.11. The maximum atomic E-state index is 9.65. The number of unbranched alkanes of at least 4 members (excludes halogenated alkanes) is 4. The van der Waals surface area contributed by atoms with E-state index in [-0.39, 0.29) is 6.42 Å². The van der Waals surface area contributed by atoms with Gasteiger partial charge in [-0.05, 0) is 25.7 Å². The van der Waals surface area contributed by atoms with Gasteiger partial charge in [-0.25, -0.2) is 0 Å². The molecule has 0 unspecified atom stereocenters. The van der Waals surface area contributed by atoms with Gasteiger partial charge in [0.05, 0.1) is 27.7 Å². The van der Waals surface area contributed by atoms with Crippen molar-refractivity contribution in [2.45, 2.75) is 58.8 Å². The first kappa shape index (κ1) is 18.8. The summed E-state index contributed by atoms with van der Waals surface area (Å²) in [5.41, 5.74) is 0. The van der Waals surface area contributed by atoms with Crippen LogP contribution < -0.4 is 5.11 Å². The third-order valence-electron chi connectivity index (χ3n) is 2.42. The number of hydrogen-bond acceptors (Lipinski definition) is 2. The van der Waals surface area contributed by atoms with Gasteiger partial charge >= 0.3 is 0 Å². The number of carbonyl (C=O) groups is 1. The number of nitrogens with zero attached hydrogens (tertiary/aromatic N) is 1. The molecule has 0 atom stereocenters. The predicted molar refractivity (Wildman–Crippen MR) is 71.6 cm³/mol. The molecule has 0 spiro atoms. The Bertz CT molecular complexity index is 174. The van der Waals surface area contributed by atoms with Gasteiger partial charge in [0.25, 0.3) is 0 Å². The number of carboxylic acids is 1. The summed E-state index contributed by atoms with van der Waals surface area (Å²) >= 11 is 0. The van der Waals surface area contributed by atoms with Gasteiger partial charge in [-0.1, -0.05) is 33.1 Å². The van der Waals surface area contributed by atoms with Gasteiger partial charge < -0.3 is 14.4 Å². The minimum absolute atomic E-state index is 0.205. The van der Waals surface area contributed by atoms with E-state index in [4.69, 9.17) is 0 Å². The quantitative estimate of drug-likeness (QED) is 0.486. The highest BCUT2D eigenvalue weighted by Crippen LogP contribution is 2.02. The maximum absolute atomic E-state index is 9.65. The molecule has 17 heavy (non-hydrogen) atoms. The zero-order valence-electron chi connectivity index (χ0n) is 12.4. The van der Waals surface area contributed by atoms with Gasteiger partial charge in [-0.15, -0.1) is 0 Å². The lowest BCUT2D eigenvalue weighted by Gasteiger charge is -2.23. The van der Waals surface area contributed by atoms with E-state index in [1.807, 2.05) is 6.92 Å². The molecule has 0 saturated heterocycles. The van der Waals surface area contributed by atoms with E-state index in [1.165, 1.54) is 32.2 Å². The molecule has 104 valence electrons. The smallest absolute Gasteiger partial charge is 0.0780 e. The first-order valence-electron chi connectivity index (χ1n) is 6.83. The molecule has 0 aromatic rings. The summed E-state index contributed by atoms with van der Waals surface area (Å²) in [6.45, 7) is 5.52. The van der Waals surface area contributed by atoms with Gasteiger partial charge in [0.1, 0.15) is 0 Å². The van der Waals surface area contributed by atoms with Crippen LogP contribution in [0, 0.1) is 0 Å². The monoisotopic (exact) mass is 245 g/mol. The Labute approximate surface area is 107 Å². The largest absolute Gasteiger partial charge is 0.550 e. The van der Waals surface area contributed by atoms with Crippen molar-refractivity contribution in [2.24, 2.45) is 0 Å². The summed E-state index contributed by atoms with van der Waals surface area (Å²) in [6, 6.07) is 0. The third kappa shape index (κ3) is 25.6. The summed E-state index contributed by atoms with van der Waals surface area (Å²) in [7, 11) is 6.77. The molecule has 0 fully saturated rings. The van der Waals surface area contributed by atoms with E-state index in [9.17, 15) is 9.90 Å². The second kappa shape index (κ2) is 11.9. The van der Waals surface area contributed by atoms with Crippen molar-refractivity contribution in [3.8, 4) is 0 Å². The molecule has 3 heteroatoms. The molecular formula is C14H31NO2. The number of carboxylic acid groups (broad SMARTS) is 1. The maximum Gasteiger partial charge on any atom is 0.0780 e. The Balaban J connectivity index is 0. The van der Waals surface area contributed by atoms with Crippen LogP contribution in [0.5, 0.6) is 0 Å². The van der Waals surface area contributed by atoms with Gasteiger partial charge in [0.15, 0.2) is 0 Å². The van der Waals surface area contributed by atoms with Crippen LogP contribution in [0.25, 0.3) is 0 Å². The fourth-order valence-electron chi connectivity index (χ4n) is 1.33. The molecule has 0 aliphatic heterocycles. The minimum Gasteiger partial charge on any atom is -0.550 e. The zero-order chi connectivity index (χ0) is 13.7. The molecule has 0 aromatic heterocycles. The second-order valence-corrected chi connectivity index (χ2v) is 5.55. The van der Waals surface area contributed by atoms with Crippen LogP contribution in [0.15, 0.2) is 0 Å². The van der Waals surface area contributed by atoms with E-state index in [1.54, 1.807) is 0 Å². The fourth-order valence-corrected chi connectivity index (χ4v) is 1.33. The highest BCUT2D eigenvalue weighted by Gasteiger charge is 2.04. The van der Waals surface area contributed by atoms with Crippen LogP contribution in [0.4, 0.5) is 0 Å². The Kier molecular flexibility index (Phi) is 13.2. The van der Waals surface area contributed by atoms with Crippen LogP contribution in [0.1, 0.15) is 58.8 Å². The molecule has 0 aromatic carbocycles. The van der Waals surface area contributed by atoms with Crippen LogP contribution >= 0.6 is 0 Å². The predicted octanol–water partition coefficient (Wildman–Crippen LogP) is 2.20. The van der Waals surface area contributed by atoms with Crippen LogP contribution in [-0.4, -0.2) is 38.1 Å². The molecule has 0 saturated carbocycles. The lowest BCUT2D eigenvalue weighted by Crippen LogP contribution is -2.35. The van der Waals surface area contributed by atoms with Crippen molar-refractivity contribution < 1.29 is 14.4 Å². The summed E-state index contributed by atoms with van der Waals surface area (Å²) in [4.78, 5) is 9.65. The van der Waals surface area contributed by atoms with Crippen LogP contribution in [0.2, 0.25) is 0 Å². The summed E-state index contributed by atoms with van der Waals surface area (Å²) in [6.07, 6.45) is 7.41. The van der Waals surface area contributed by atoms with Gasteiger partial charge in [-0.3, -0.25) is 0 Å². The molecule has 0 N–H and O–H groups in total. The van der Waals surface area contributed by atoms with E-state index in [0.717, 1.165) is 17.3 Å². The number of rotatable bonds is 8. The Morgan fingerprint density at radius 3 is 1.76 bits per heavy atom. The molecule has 0 amide bonds. The van der Waals surface area contributed by atoms with Crippen molar-refractivity contribution in [2.75, 3.05) is 27.7 Å². The number of carbonyl (C=O) groups excluding carboxylic acids is 1. The molecular weight excluding hydrogens is 214 g/mol. The lowest BCUT2D eigenvalue weighted by atomic mass is 10.2. The number of aliphatic carboxylic acids is 1. The summed E-state index contributed by atoms with van der Waals surface area (Å²) in [5.74, 6) is -0.943. The van der Waals surface area contributed by atoms with Crippen molar-refractivity contribution >= 4 is 5.97 Å². The van der Waals surface area contributed by atoms with Crippen LogP contribution in [0.3, 0.4) is 0 Å². The second-order valence-electron chi connectivity index (χ2n) is 5.55. The number of hydrogen-bond donors (Lipinski definition) is 0. The number of quaternary nitrogens is 1. The molecule has 0 rings (SSSR count). The first-order chi connectivity index (χ1) is 7.83. The Morgan fingerprint density at radius 2 is 1.47 bits per heavy atom. The van der Waals surface area contributed by atoms with Crippen molar-refractivity contribution in [1.82, 2.24) is 0 Å². The fraction of sp³-hybridized carbons (Fsp3) is 0.929. The lowest BCUT2D eigenvalue weighted by molar-refractivity contribution is -0.870. The molecule has 0 aliphatic carbocycles. The third-order valence-corrected chi connectivity index (χ3v) is 2.42. The Hall–Kier alpha value is -0.570. The first-order valence-corrected chi connectivity index (χ1v) is 6.83. The zero-order valence-corrected chi connectivity index (χ0v) is 12.4. The summed E-state index contributed by atoms with van der Waals surface area (Å²) in [5, 5.41) is 9.65. The molecule has 0 heterocycles. The van der Waals surface area contributed by atoms with Crippen molar-refractivity contribution in [3.05, 3.63) is 0 Å². The van der Waals surface area contributed by atoms with Crippen molar-refractivity contribution in [3.63, 3.8) is 0 Å². The van der Waals surface area contributed by atoms with Crippen LogP contribution in [-0.2, 0) is 4.79 Å². The highest BCUT2D eigenvalue weighted by molar-refractivity contribution is 5.63. The molecule has 0 bridgehead atoms. The van der Waals surface area contributed by atoms with Gasteiger partial charge in [-0.2, -0.15) is 0 Å². The minimum atomic E-state index is -0.943. The molecule has 0 aliphatic rings. The molecule has 3 nitrogen and oxygen atoms in total. The topological polar surface area (TPSA) is 40.1 Å².